The molecule has 146 valence electrons. The lowest BCUT2D eigenvalue weighted by molar-refractivity contribution is -0.141. The van der Waals surface area contributed by atoms with Crippen LogP contribution in [0.2, 0.25) is 0 Å². The molecule has 0 bridgehead atoms. The number of nitrogens with one attached hydrogen (secondary N) is 1. The maximum absolute atomic E-state index is 13.3. The number of halogens is 3. The van der Waals surface area contributed by atoms with Gasteiger partial charge in [-0.05, 0) is 47.2 Å². The number of benzene rings is 3. The summed E-state index contributed by atoms with van der Waals surface area (Å²) in [6.07, 6.45) is -4.58. The summed E-state index contributed by atoms with van der Waals surface area (Å²) >= 11 is 0. The molecule has 4 rings (SSSR count). The van der Waals surface area contributed by atoms with E-state index in [-0.39, 0.29) is 0 Å². The minimum atomic E-state index is -4.58. The highest BCUT2D eigenvalue weighted by atomic mass is 19.4. The number of alkyl halides is 3. The summed E-state index contributed by atoms with van der Waals surface area (Å²) in [7, 11) is 0. The number of nitrogens with two attached hydrogens (primary N) is 1. The third-order valence-corrected chi connectivity index (χ3v) is 4.42. The summed E-state index contributed by atoms with van der Waals surface area (Å²) < 4.78 is 41.2. The van der Waals surface area contributed by atoms with Crippen LogP contribution in [0.1, 0.15) is 5.69 Å². The number of hydrogen-bond acceptors (Lipinski definition) is 2. The molecule has 0 radical (unpaired) electrons. The standard InChI is InChI=1S/C21H15F3N4O/c22-21(23,24)19-12-18(15-6-5-13-3-1-2-4-14(13)11-15)28(27-19)17-9-7-16(8-10-17)26-20(25)29/h1-12H,(H3,25,26,29). The van der Waals surface area contributed by atoms with Gasteiger partial charge < -0.3 is 11.1 Å². The molecule has 0 saturated carbocycles. The van der Waals surface area contributed by atoms with Crippen molar-refractivity contribution in [3.63, 3.8) is 0 Å². The molecule has 29 heavy (non-hydrogen) atoms. The number of anilines is 1. The quantitative estimate of drug-likeness (QED) is 0.499. The predicted octanol–water partition coefficient (Wildman–Crippen LogP) is 5.20. The van der Waals surface area contributed by atoms with E-state index in [0.29, 0.717) is 22.6 Å². The Morgan fingerprint density at radius 1 is 0.931 bits per heavy atom. The van der Waals surface area contributed by atoms with E-state index in [4.69, 9.17) is 5.73 Å². The van der Waals surface area contributed by atoms with Crippen molar-refractivity contribution in [2.24, 2.45) is 5.73 Å². The average molecular weight is 396 g/mol. The number of amides is 2. The fourth-order valence-electron chi connectivity index (χ4n) is 3.10. The molecule has 0 aliphatic carbocycles. The van der Waals surface area contributed by atoms with Crippen molar-refractivity contribution in [2.75, 3.05) is 5.32 Å². The number of fused-ring (bicyclic) bond motifs is 1. The Balaban J connectivity index is 1.84. The van der Waals surface area contributed by atoms with Gasteiger partial charge in [0, 0.05) is 11.3 Å². The first kappa shape index (κ1) is 18.5. The van der Waals surface area contributed by atoms with Gasteiger partial charge in [-0.2, -0.15) is 18.3 Å². The van der Waals surface area contributed by atoms with E-state index in [1.807, 2.05) is 36.4 Å². The van der Waals surface area contributed by atoms with Crippen LogP contribution in [0.25, 0.3) is 27.7 Å². The van der Waals surface area contributed by atoms with Crippen LogP contribution < -0.4 is 11.1 Å². The van der Waals surface area contributed by atoms with Gasteiger partial charge in [-0.3, -0.25) is 0 Å². The van der Waals surface area contributed by atoms with Gasteiger partial charge in [0.25, 0.3) is 0 Å². The molecule has 0 atom stereocenters. The molecular formula is C21H15F3N4O. The largest absolute Gasteiger partial charge is 0.435 e. The van der Waals surface area contributed by atoms with Crippen LogP contribution in [0.5, 0.6) is 0 Å². The minimum absolute atomic E-state index is 0.304. The van der Waals surface area contributed by atoms with Gasteiger partial charge in [-0.1, -0.05) is 36.4 Å². The van der Waals surface area contributed by atoms with E-state index >= 15 is 0 Å². The van der Waals surface area contributed by atoms with Gasteiger partial charge in [0.05, 0.1) is 11.4 Å². The zero-order valence-corrected chi connectivity index (χ0v) is 14.9. The van der Waals surface area contributed by atoms with E-state index in [1.165, 1.54) is 4.68 Å². The summed E-state index contributed by atoms with van der Waals surface area (Å²) in [4.78, 5) is 11.0. The number of rotatable bonds is 3. The van der Waals surface area contributed by atoms with Crippen LogP contribution in [-0.2, 0) is 6.18 Å². The Morgan fingerprint density at radius 3 is 2.28 bits per heavy atom. The van der Waals surface area contributed by atoms with Crippen LogP contribution in [-0.4, -0.2) is 15.8 Å². The van der Waals surface area contributed by atoms with E-state index in [0.717, 1.165) is 16.8 Å². The lowest BCUT2D eigenvalue weighted by Gasteiger charge is -2.10. The molecule has 0 fully saturated rings. The lowest BCUT2D eigenvalue weighted by atomic mass is 10.0. The zero-order valence-electron chi connectivity index (χ0n) is 14.9. The summed E-state index contributed by atoms with van der Waals surface area (Å²) in [6.45, 7) is 0. The zero-order chi connectivity index (χ0) is 20.6. The Morgan fingerprint density at radius 2 is 1.62 bits per heavy atom. The topological polar surface area (TPSA) is 72.9 Å². The Kier molecular flexibility index (Phi) is 4.46. The van der Waals surface area contributed by atoms with Crippen molar-refractivity contribution < 1.29 is 18.0 Å². The molecule has 8 heteroatoms. The van der Waals surface area contributed by atoms with E-state index in [9.17, 15) is 18.0 Å². The first-order valence-corrected chi connectivity index (χ1v) is 8.64. The van der Waals surface area contributed by atoms with E-state index in [2.05, 4.69) is 10.4 Å². The molecule has 1 heterocycles. The molecule has 0 aliphatic rings. The van der Waals surface area contributed by atoms with E-state index < -0.39 is 17.9 Å². The van der Waals surface area contributed by atoms with Gasteiger partial charge in [-0.25, -0.2) is 9.48 Å². The molecule has 0 saturated heterocycles. The Labute approximate surface area is 163 Å². The molecule has 5 nitrogen and oxygen atoms in total. The first-order chi connectivity index (χ1) is 13.8. The highest BCUT2D eigenvalue weighted by Gasteiger charge is 2.35. The van der Waals surface area contributed by atoms with Crippen LogP contribution in [0.4, 0.5) is 23.7 Å². The van der Waals surface area contributed by atoms with Gasteiger partial charge >= 0.3 is 12.2 Å². The van der Waals surface area contributed by atoms with Crippen LogP contribution in [0, 0.1) is 0 Å². The van der Waals surface area contributed by atoms with Gasteiger partial charge in [-0.15, -0.1) is 0 Å². The van der Waals surface area contributed by atoms with Gasteiger partial charge in [0.15, 0.2) is 5.69 Å². The number of primary amides is 1. The predicted molar refractivity (Wildman–Crippen MR) is 105 cm³/mol. The molecule has 2 amide bonds. The number of carbonyl (C=O) groups is 1. The third-order valence-electron chi connectivity index (χ3n) is 4.42. The van der Waals surface area contributed by atoms with Crippen LogP contribution in [0.3, 0.4) is 0 Å². The SMILES string of the molecule is NC(=O)Nc1ccc(-n2nc(C(F)(F)F)cc2-c2ccc3ccccc3c2)cc1. The Bertz CT molecular complexity index is 1200. The van der Waals surface area contributed by atoms with Crippen molar-refractivity contribution in [2.45, 2.75) is 6.18 Å². The van der Waals surface area contributed by atoms with Crippen molar-refractivity contribution in [1.82, 2.24) is 9.78 Å². The molecule has 0 aliphatic heterocycles. The van der Waals surface area contributed by atoms with Crippen molar-refractivity contribution in [3.8, 4) is 16.9 Å². The average Bonchev–Trinajstić information content (AvgIpc) is 3.14. The molecule has 0 spiro atoms. The second-order valence-electron chi connectivity index (χ2n) is 6.42. The Hall–Kier alpha value is -3.81. The van der Waals surface area contributed by atoms with E-state index in [1.54, 1.807) is 30.3 Å². The highest BCUT2D eigenvalue weighted by molar-refractivity contribution is 5.88. The fraction of sp³-hybridized carbons (Fsp3) is 0.0476. The molecular weight excluding hydrogens is 381 g/mol. The number of hydrogen-bond donors (Lipinski definition) is 2. The maximum Gasteiger partial charge on any atom is 0.435 e. The van der Waals surface area contributed by atoms with Crippen LogP contribution >= 0.6 is 0 Å². The van der Waals surface area contributed by atoms with Crippen LogP contribution in [0.15, 0.2) is 72.8 Å². The number of carbonyl (C=O) groups excluding carboxylic acids is 1. The first-order valence-electron chi connectivity index (χ1n) is 8.64. The number of urea groups is 1. The molecule has 3 aromatic carbocycles. The van der Waals surface area contributed by atoms with Gasteiger partial charge in [0.1, 0.15) is 0 Å². The van der Waals surface area contributed by atoms with Crippen molar-refractivity contribution in [3.05, 3.63) is 78.5 Å². The number of nitrogens with zero attached hydrogens (tertiary/aromatic N) is 2. The second kappa shape index (κ2) is 6.97. The van der Waals surface area contributed by atoms with Gasteiger partial charge in [0.2, 0.25) is 0 Å². The second-order valence-corrected chi connectivity index (χ2v) is 6.42. The highest BCUT2D eigenvalue weighted by Crippen LogP contribution is 2.34. The number of aromatic nitrogens is 2. The molecule has 0 unspecified atom stereocenters. The van der Waals surface area contributed by atoms with Crippen molar-refractivity contribution >= 4 is 22.5 Å². The summed E-state index contributed by atoms with van der Waals surface area (Å²) in [5.74, 6) is 0. The molecule has 1 aromatic heterocycles. The van der Waals surface area contributed by atoms with Crippen molar-refractivity contribution in [1.29, 1.82) is 0 Å². The molecule has 3 N–H and O–H groups in total. The lowest BCUT2D eigenvalue weighted by Crippen LogP contribution is -2.19. The third kappa shape index (κ3) is 3.77. The normalized spacial score (nSPS) is 11.6. The monoisotopic (exact) mass is 396 g/mol. The minimum Gasteiger partial charge on any atom is -0.351 e. The summed E-state index contributed by atoms with van der Waals surface area (Å²) in [6, 6.07) is 19.5. The fourth-order valence-corrected chi connectivity index (χ4v) is 3.10. The summed E-state index contributed by atoms with van der Waals surface area (Å²) in [5, 5.41) is 8.08. The maximum atomic E-state index is 13.3. The molecule has 4 aromatic rings. The summed E-state index contributed by atoms with van der Waals surface area (Å²) in [5.41, 5.74) is 5.84. The smallest absolute Gasteiger partial charge is 0.351 e.